The number of hydrogen-bond donors (Lipinski definition) is 0. The lowest BCUT2D eigenvalue weighted by molar-refractivity contribution is 0.0551. The minimum absolute atomic E-state index is 0.161. The molecule has 5 heteroatoms. The van der Waals surface area contributed by atoms with Gasteiger partial charge in [-0.1, -0.05) is 30.3 Å². The maximum atomic E-state index is 13.0. The van der Waals surface area contributed by atoms with Gasteiger partial charge in [0.15, 0.2) is 0 Å². The normalized spacial score (nSPS) is 19.7. The SMILES string of the molecule is Cn1c(C(=O)N2CCN(C3CCSCC3)CC2)ccc1-c1ccccc1. The van der Waals surface area contributed by atoms with Crippen molar-refractivity contribution in [2.75, 3.05) is 37.7 Å². The molecule has 0 bridgehead atoms. The van der Waals surface area contributed by atoms with E-state index in [0.29, 0.717) is 0 Å². The van der Waals surface area contributed by atoms with Gasteiger partial charge >= 0.3 is 0 Å². The Labute approximate surface area is 160 Å². The molecule has 2 aliphatic heterocycles. The number of amides is 1. The van der Waals surface area contributed by atoms with Crippen LogP contribution in [0, 0.1) is 0 Å². The van der Waals surface area contributed by atoms with E-state index < -0.39 is 0 Å². The van der Waals surface area contributed by atoms with Crippen molar-refractivity contribution in [3.05, 3.63) is 48.2 Å². The van der Waals surface area contributed by atoms with Gasteiger partial charge in [0, 0.05) is 45.0 Å². The largest absolute Gasteiger partial charge is 0.340 e. The fourth-order valence-electron chi connectivity index (χ4n) is 4.13. The van der Waals surface area contributed by atoms with E-state index in [-0.39, 0.29) is 5.91 Å². The van der Waals surface area contributed by atoms with Crippen LogP contribution in [0.1, 0.15) is 23.3 Å². The van der Waals surface area contributed by atoms with Crippen LogP contribution in [-0.4, -0.2) is 64.0 Å². The molecule has 2 aliphatic rings. The molecule has 2 aromatic rings. The molecule has 2 saturated heterocycles. The summed E-state index contributed by atoms with van der Waals surface area (Å²) in [4.78, 5) is 17.7. The Bertz CT molecular complexity index is 744. The van der Waals surface area contributed by atoms with E-state index in [0.717, 1.165) is 49.2 Å². The van der Waals surface area contributed by atoms with Crippen molar-refractivity contribution < 1.29 is 4.79 Å². The molecule has 4 nitrogen and oxygen atoms in total. The van der Waals surface area contributed by atoms with Gasteiger partial charge in [-0.05, 0) is 42.0 Å². The Morgan fingerprint density at radius 3 is 2.35 bits per heavy atom. The molecule has 4 rings (SSSR count). The second-order valence-electron chi connectivity index (χ2n) is 7.20. The first-order chi connectivity index (χ1) is 12.7. The number of aromatic nitrogens is 1. The van der Waals surface area contributed by atoms with E-state index in [1.165, 1.54) is 24.3 Å². The number of piperazine rings is 1. The monoisotopic (exact) mass is 369 g/mol. The predicted octanol–water partition coefficient (Wildman–Crippen LogP) is 3.35. The first-order valence-electron chi connectivity index (χ1n) is 9.56. The molecule has 0 spiro atoms. The van der Waals surface area contributed by atoms with Crippen molar-refractivity contribution in [3.8, 4) is 11.3 Å². The Balaban J connectivity index is 1.42. The molecule has 1 aromatic carbocycles. The molecule has 1 amide bonds. The third kappa shape index (κ3) is 3.55. The zero-order valence-electron chi connectivity index (χ0n) is 15.4. The van der Waals surface area contributed by atoms with Crippen molar-refractivity contribution >= 4 is 17.7 Å². The van der Waals surface area contributed by atoms with E-state index in [2.05, 4.69) is 34.9 Å². The smallest absolute Gasteiger partial charge is 0.270 e. The van der Waals surface area contributed by atoms with Crippen molar-refractivity contribution in [3.63, 3.8) is 0 Å². The zero-order chi connectivity index (χ0) is 17.9. The summed E-state index contributed by atoms with van der Waals surface area (Å²) < 4.78 is 2.03. The van der Waals surface area contributed by atoms with Crippen molar-refractivity contribution in [1.29, 1.82) is 0 Å². The number of carbonyl (C=O) groups is 1. The lowest BCUT2D eigenvalue weighted by Gasteiger charge is -2.40. The van der Waals surface area contributed by atoms with Crippen LogP contribution in [0.3, 0.4) is 0 Å². The van der Waals surface area contributed by atoms with E-state index in [4.69, 9.17) is 0 Å². The molecular formula is C21H27N3OS. The van der Waals surface area contributed by atoms with Gasteiger partial charge in [-0.15, -0.1) is 0 Å². The third-order valence-corrected chi connectivity index (χ3v) is 6.77. The van der Waals surface area contributed by atoms with Gasteiger partial charge in [0.1, 0.15) is 5.69 Å². The van der Waals surface area contributed by atoms with Crippen LogP contribution in [0.5, 0.6) is 0 Å². The lowest BCUT2D eigenvalue weighted by Crippen LogP contribution is -2.52. The summed E-state index contributed by atoms with van der Waals surface area (Å²) in [6, 6.07) is 15.0. The Kier molecular flexibility index (Phi) is 5.36. The fraction of sp³-hybridized carbons (Fsp3) is 0.476. The Hall–Kier alpha value is -1.72. The number of benzene rings is 1. The first-order valence-corrected chi connectivity index (χ1v) is 10.7. The van der Waals surface area contributed by atoms with Gasteiger partial charge < -0.3 is 9.47 Å². The van der Waals surface area contributed by atoms with Crippen LogP contribution >= 0.6 is 11.8 Å². The summed E-state index contributed by atoms with van der Waals surface area (Å²) in [5.74, 6) is 2.73. The highest BCUT2D eigenvalue weighted by Gasteiger charge is 2.28. The van der Waals surface area contributed by atoms with Crippen LogP contribution < -0.4 is 0 Å². The molecule has 138 valence electrons. The van der Waals surface area contributed by atoms with Crippen LogP contribution in [-0.2, 0) is 7.05 Å². The summed E-state index contributed by atoms with van der Waals surface area (Å²) in [6.45, 7) is 3.71. The van der Waals surface area contributed by atoms with Gasteiger partial charge in [0.05, 0.1) is 0 Å². The number of rotatable bonds is 3. The van der Waals surface area contributed by atoms with Crippen LogP contribution in [0.2, 0.25) is 0 Å². The van der Waals surface area contributed by atoms with Crippen LogP contribution in [0.15, 0.2) is 42.5 Å². The van der Waals surface area contributed by atoms with E-state index in [1.54, 1.807) is 0 Å². The van der Waals surface area contributed by atoms with Crippen LogP contribution in [0.4, 0.5) is 0 Å². The minimum atomic E-state index is 0.161. The number of nitrogens with zero attached hydrogens (tertiary/aromatic N) is 3. The summed E-state index contributed by atoms with van der Waals surface area (Å²) in [7, 11) is 1.99. The Morgan fingerprint density at radius 2 is 1.65 bits per heavy atom. The van der Waals surface area contributed by atoms with Crippen molar-refractivity contribution in [2.24, 2.45) is 7.05 Å². The summed E-state index contributed by atoms with van der Waals surface area (Å²) >= 11 is 2.07. The zero-order valence-corrected chi connectivity index (χ0v) is 16.3. The average Bonchev–Trinajstić information content (AvgIpc) is 3.10. The van der Waals surface area contributed by atoms with E-state index in [1.807, 2.05) is 40.8 Å². The molecule has 0 aliphatic carbocycles. The molecule has 2 fully saturated rings. The maximum Gasteiger partial charge on any atom is 0.270 e. The quantitative estimate of drug-likeness (QED) is 0.831. The second kappa shape index (κ2) is 7.89. The molecule has 0 N–H and O–H groups in total. The molecule has 0 saturated carbocycles. The highest BCUT2D eigenvalue weighted by atomic mass is 32.2. The number of carbonyl (C=O) groups excluding carboxylic acids is 1. The highest BCUT2D eigenvalue weighted by Crippen LogP contribution is 2.24. The molecule has 1 aromatic heterocycles. The average molecular weight is 370 g/mol. The standard InChI is InChI=1S/C21H27N3OS/c1-22-19(17-5-3-2-4-6-17)7-8-20(22)21(25)24-13-11-23(12-14-24)18-9-15-26-16-10-18/h2-8,18H,9-16H2,1H3. The maximum absolute atomic E-state index is 13.0. The van der Waals surface area contributed by atoms with Gasteiger partial charge in [0.2, 0.25) is 0 Å². The second-order valence-corrected chi connectivity index (χ2v) is 8.43. The van der Waals surface area contributed by atoms with Gasteiger partial charge in [-0.2, -0.15) is 11.8 Å². The molecule has 0 unspecified atom stereocenters. The number of thioether (sulfide) groups is 1. The molecule has 3 heterocycles. The summed E-state index contributed by atoms with van der Waals surface area (Å²) in [6.07, 6.45) is 2.60. The van der Waals surface area contributed by atoms with Gasteiger partial charge in [-0.3, -0.25) is 9.69 Å². The Morgan fingerprint density at radius 1 is 0.962 bits per heavy atom. The minimum Gasteiger partial charge on any atom is -0.340 e. The first kappa shape index (κ1) is 17.7. The topological polar surface area (TPSA) is 28.5 Å². The molecule has 0 radical (unpaired) electrons. The van der Waals surface area contributed by atoms with E-state index in [9.17, 15) is 4.79 Å². The van der Waals surface area contributed by atoms with Gasteiger partial charge in [-0.25, -0.2) is 0 Å². The molecule has 0 atom stereocenters. The highest BCUT2D eigenvalue weighted by molar-refractivity contribution is 7.99. The predicted molar refractivity (Wildman–Crippen MR) is 109 cm³/mol. The molecular weight excluding hydrogens is 342 g/mol. The number of hydrogen-bond acceptors (Lipinski definition) is 3. The lowest BCUT2D eigenvalue weighted by atomic mass is 10.1. The molecule has 26 heavy (non-hydrogen) atoms. The van der Waals surface area contributed by atoms with Crippen LogP contribution in [0.25, 0.3) is 11.3 Å². The van der Waals surface area contributed by atoms with E-state index >= 15 is 0 Å². The summed E-state index contributed by atoms with van der Waals surface area (Å²) in [5.41, 5.74) is 3.02. The fourth-order valence-corrected chi connectivity index (χ4v) is 5.21. The van der Waals surface area contributed by atoms with Crippen molar-refractivity contribution in [1.82, 2.24) is 14.4 Å². The third-order valence-electron chi connectivity index (χ3n) is 5.72. The van der Waals surface area contributed by atoms with Crippen molar-refractivity contribution in [2.45, 2.75) is 18.9 Å². The van der Waals surface area contributed by atoms with Gasteiger partial charge in [0.25, 0.3) is 5.91 Å². The summed E-state index contributed by atoms with van der Waals surface area (Å²) in [5, 5.41) is 0.